The minimum absolute atomic E-state index is 0.342. The Morgan fingerprint density at radius 1 is 1.50 bits per heavy atom. The van der Waals surface area contributed by atoms with Gasteiger partial charge in [0.15, 0.2) is 5.17 Å². The molecule has 2 heterocycles. The van der Waals surface area contributed by atoms with Crippen molar-refractivity contribution in [3.05, 3.63) is 17.8 Å². The average molecular weight is 265 g/mol. The van der Waals surface area contributed by atoms with E-state index in [1.807, 2.05) is 11.8 Å². The summed E-state index contributed by atoms with van der Waals surface area (Å²) in [6.07, 6.45) is 7.96. The number of aryl methyl sites for hydroxylation is 1. The first kappa shape index (κ1) is 12.1. The van der Waals surface area contributed by atoms with E-state index in [0.717, 1.165) is 23.1 Å². The lowest BCUT2D eigenvalue weighted by molar-refractivity contribution is 0.448. The second-order valence-corrected chi connectivity index (χ2v) is 6.06. The van der Waals surface area contributed by atoms with Crippen molar-refractivity contribution in [1.29, 1.82) is 0 Å². The highest BCUT2D eigenvalue weighted by atomic mass is 32.2. The summed E-state index contributed by atoms with van der Waals surface area (Å²) in [7, 11) is 0. The Bertz CT molecular complexity index is 449. The highest BCUT2D eigenvalue weighted by Crippen LogP contribution is 2.37. The number of aliphatic imine (C=N–C) groups is 1. The Hall–Kier alpha value is -0.970. The molecule has 1 aliphatic carbocycles. The number of hydrogen-bond acceptors (Lipinski definition) is 4. The predicted octanol–water partition coefficient (Wildman–Crippen LogP) is 2.74. The molecule has 0 amide bonds. The molecule has 0 unspecified atom stereocenters. The maximum absolute atomic E-state index is 5.55. The van der Waals surface area contributed by atoms with E-state index < -0.39 is 0 Å². The molecule has 1 N–H and O–H groups in total. The second kappa shape index (κ2) is 4.96. The summed E-state index contributed by atoms with van der Waals surface area (Å²) in [6.45, 7) is 2.61. The van der Waals surface area contributed by atoms with Gasteiger partial charge in [-0.05, 0) is 12.8 Å². The van der Waals surface area contributed by atoms with Gasteiger partial charge in [-0.3, -0.25) is 4.99 Å². The summed E-state index contributed by atoms with van der Waals surface area (Å²) in [5.74, 6) is 2.82. The van der Waals surface area contributed by atoms with Gasteiger partial charge in [-0.2, -0.15) is 0 Å². The lowest BCUT2D eigenvalue weighted by Crippen LogP contribution is -2.40. The molecule has 1 spiro atoms. The molecule has 2 fully saturated rings. The van der Waals surface area contributed by atoms with Crippen LogP contribution in [-0.4, -0.2) is 21.4 Å². The number of hydrogen-bond donors (Lipinski definition) is 1. The molecule has 1 aromatic heterocycles. The largest absolute Gasteiger partial charge is 0.444 e. The number of nitrogens with zero attached hydrogens (tertiary/aromatic N) is 2. The molecule has 1 saturated carbocycles. The predicted molar refractivity (Wildman–Crippen MR) is 73.8 cm³/mol. The van der Waals surface area contributed by atoms with Crippen LogP contribution in [0.1, 0.15) is 44.3 Å². The standard InChI is InChI=1S/C13H19N3OS/c1-2-10-7-14-11(17-10)8-15-12-16-13(9-18-12)5-3-4-6-13/h7H,2-6,8-9H2,1H3,(H,15,16). The molecule has 2 aliphatic rings. The van der Waals surface area contributed by atoms with E-state index in [1.165, 1.54) is 25.7 Å². The molecule has 0 aromatic carbocycles. The van der Waals surface area contributed by atoms with Crippen molar-refractivity contribution in [2.75, 3.05) is 5.75 Å². The normalized spacial score (nSPS) is 23.9. The second-order valence-electron chi connectivity index (χ2n) is 5.10. The van der Waals surface area contributed by atoms with Gasteiger partial charge in [-0.1, -0.05) is 31.5 Å². The average Bonchev–Trinajstić information content (AvgIpc) is 3.10. The molecular weight excluding hydrogens is 246 g/mol. The van der Waals surface area contributed by atoms with Gasteiger partial charge in [0.2, 0.25) is 5.89 Å². The molecule has 3 rings (SSSR count). The molecule has 0 atom stereocenters. The zero-order valence-electron chi connectivity index (χ0n) is 10.7. The third kappa shape index (κ3) is 2.41. The fraction of sp³-hybridized carbons (Fsp3) is 0.692. The van der Waals surface area contributed by atoms with Gasteiger partial charge >= 0.3 is 0 Å². The Balaban J connectivity index is 1.60. The smallest absolute Gasteiger partial charge is 0.216 e. The van der Waals surface area contributed by atoms with Crippen LogP contribution in [0.3, 0.4) is 0 Å². The molecule has 1 aliphatic heterocycles. The number of amidine groups is 1. The van der Waals surface area contributed by atoms with Crippen LogP contribution >= 0.6 is 11.8 Å². The maximum Gasteiger partial charge on any atom is 0.216 e. The van der Waals surface area contributed by atoms with Crippen molar-refractivity contribution < 1.29 is 4.42 Å². The lowest BCUT2D eigenvalue weighted by Gasteiger charge is -2.21. The number of aromatic nitrogens is 1. The van der Waals surface area contributed by atoms with Crippen molar-refractivity contribution >= 4 is 16.9 Å². The van der Waals surface area contributed by atoms with Gasteiger partial charge < -0.3 is 9.73 Å². The van der Waals surface area contributed by atoms with E-state index in [4.69, 9.17) is 4.42 Å². The molecule has 0 radical (unpaired) electrons. The first-order chi connectivity index (χ1) is 8.80. The van der Waals surface area contributed by atoms with Crippen LogP contribution in [0.15, 0.2) is 15.6 Å². The highest BCUT2D eigenvalue weighted by molar-refractivity contribution is 8.14. The highest BCUT2D eigenvalue weighted by Gasteiger charge is 2.39. The van der Waals surface area contributed by atoms with E-state index in [0.29, 0.717) is 18.0 Å². The van der Waals surface area contributed by atoms with E-state index in [-0.39, 0.29) is 0 Å². The fourth-order valence-electron chi connectivity index (χ4n) is 2.64. The number of nitrogens with one attached hydrogen (secondary N) is 1. The third-order valence-corrected chi connectivity index (χ3v) is 4.93. The summed E-state index contributed by atoms with van der Waals surface area (Å²) in [4.78, 5) is 8.80. The van der Waals surface area contributed by atoms with Crippen molar-refractivity contribution in [2.45, 2.75) is 51.1 Å². The Morgan fingerprint density at radius 3 is 3.06 bits per heavy atom. The van der Waals surface area contributed by atoms with E-state index in [2.05, 4.69) is 22.2 Å². The molecule has 1 aromatic rings. The van der Waals surface area contributed by atoms with Crippen LogP contribution in [0.25, 0.3) is 0 Å². The molecule has 1 saturated heterocycles. The topological polar surface area (TPSA) is 50.4 Å². The van der Waals surface area contributed by atoms with Gasteiger partial charge in [-0.15, -0.1) is 0 Å². The lowest BCUT2D eigenvalue weighted by atomic mass is 10.0. The summed E-state index contributed by atoms with van der Waals surface area (Å²) in [5.41, 5.74) is 0.342. The van der Waals surface area contributed by atoms with Crippen molar-refractivity contribution in [1.82, 2.24) is 10.3 Å². The Labute approximate surface area is 112 Å². The van der Waals surface area contributed by atoms with Crippen LogP contribution in [0.2, 0.25) is 0 Å². The summed E-state index contributed by atoms with van der Waals surface area (Å²) >= 11 is 1.84. The maximum atomic E-state index is 5.55. The van der Waals surface area contributed by atoms with Crippen LogP contribution in [-0.2, 0) is 13.0 Å². The van der Waals surface area contributed by atoms with E-state index in [1.54, 1.807) is 6.20 Å². The van der Waals surface area contributed by atoms with Crippen LogP contribution < -0.4 is 5.32 Å². The first-order valence-electron chi connectivity index (χ1n) is 6.69. The van der Waals surface area contributed by atoms with Gasteiger partial charge in [-0.25, -0.2) is 4.98 Å². The Kier molecular flexibility index (Phi) is 3.33. The summed E-state index contributed by atoms with van der Waals surface area (Å²) < 4.78 is 5.55. The zero-order valence-corrected chi connectivity index (χ0v) is 11.6. The van der Waals surface area contributed by atoms with Gasteiger partial charge in [0.05, 0.1) is 6.20 Å². The minimum Gasteiger partial charge on any atom is -0.444 e. The van der Waals surface area contributed by atoms with Gasteiger partial charge in [0.25, 0.3) is 0 Å². The number of rotatable bonds is 3. The van der Waals surface area contributed by atoms with Crippen molar-refractivity contribution in [2.24, 2.45) is 4.99 Å². The molecule has 18 heavy (non-hydrogen) atoms. The van der Waals surface area contributed by atoms with Crippen LogP contribution in [0.4, 0.5) is 0 Å². The SMILES string of the molecule is CCc1cnc(CN=C2NC3(CCCC3)CS2)o1. The third-order valence-electron chi connectivity index (χ3n) is 3.73. The zero-order chi connectivity index (χ0) is 12.4. The number of thioether (sulfide) groups is 1. The molecule has 4 nitrogen and oxygen atoms in total. The quantitative estimate of drug-likeness (QED) is 0.913. The van der Waals surface area contributed by atoms with Crippen molar-refractivity contribution in [3.8, 4) is 0 Å². The molecular formula is C13H19N3OS. The minimum atomic E-state index is 0.342. The molecule has 5 heteroatoms. The molecule has 98 valence electrons. The number of oxazole rings is 1. The van der Waals surface area contributed by atoms with Gasteiger partial charge in [0, 0.05) is 17.7 Å². The van der Waals surface area contributed by atoms with E-state index in [9.17, 15) is 0 Å². The summed E-state index contributed by atoms with van der Waals surface area (Å²) in [6, 6.07) is 0. The van der Waals surface area contributed by atoms with Crippen molar-refractivity contribution in [3.63, 3.8) is 0 Å². The molecule has 0 bridgehead atoms. The summed E-state index contributed by atoms with van der Waals surface area (Å²) in [5, 5.41) is 4.66. The van der Waals surface area contributed by atoms with E-state index >= 15 is 0 Å². The fourth-order valence-corrected chi connectivity index (χ4v) is 3.85. The van der Waals surface area contributed by atoms with Gasteiger partial charge in [0.1, 0.15) is 12.3 Å². The Morgan fingerprint density at radius 2 is 2.33 bits per heavy atom. The first-order valence-corrected chi connectivity index (χ1v) is 7.67. The van der Waals surface area contributed by atoms with Crippen LogP contribution in [0.5, 0.6) is 0 Å². The monoisotopic (exact) mass is 265 g/mol. The van der Waals surface area contributed by atoms with Crippen LogP contribution in [0, 0.1) is 0 Å².